The highest BCUT2D eigenvalue weighted by Gasteiger charge is 2.12. The van der Waals surface area contributed by atoms with Gasteiger partial charge in [0.05, 0.1) is 27.3 Å². The van der Waals surface area contributed by atoms with Gasteiger partial charge in [0.2, 0.25) is 5.91 Å². The number of aryl methyl sites for hydroxylation is 1. The fourth-order valence-corrected chi connectivity index (χ4v) is 3.92. The van der Waals surface area contributed by atoms with Gasteiger partial charge in [-0.15, -0.1) is 16.4 Å². The molecule has 4 aromatic rings. The fraction of sp³-hybridized carbons (Fsp3) is 0.263. The molecule has 0 aliphatic rings. The predicted octanol–water partition coefficient (Wildman–Crippen LogP) is 3.18. The van der Waals surface area contributed by atoms with E-state index in [-0.39, 0.29) is 11.9 Å². The summed E-state index contributed by atoms with van der Waals surface area (Å²) in [5, 5.41) is 12.3. The van der Waals surface area contributed by atoms with Gasteiger partial charge in [-0.25, -0.2) is 9.67 Å². The normalized spacial score (nSPS) is 12.5. The minimum absolute atomic E-state index is 0.0250. The van der Waals surface area contributed by atoms with Crippen molar-refractivity contribution < 1.29 is 4.79 Å². The molecule has 0 unspecified atom stereocenters. The van der Waals surface area contributed by atoms with Crippen LogP contribution in [0.25, 0.3) is 21.3 Å². The Balaban J connectivity index is 1.32. The second kappa shape index (κ2) is 7.21. The van der Waals surface area contributed by atoms with Crippen molar-refractivity contribution in [1.82, 2.24) is 25.3 Å². The van der Waals surface area contributed by atoms with E-state index >= 15 is 0 Å². The Morgan fingerprint density at radius 2 is 1.92 bits per heavy atom. The maximum Gasteiger partial charge on any atom is 0.220 e. The number of hydrogen-bond acceptors (Lipinski definition) is 5. The minimum atomic E-state index is -0.0250. The minimum Gasteiger partial charge on any atom is -0.352 e. The van der Waals surface area contributed by atoms with Crippen LogP contribution in [0.15, 0.2) is 48.5 Å². The molecule has 1 N–H and O–H groups in total. The standard InChI is InChI=1S/C19H19N5OS/c1-13(12-24-16-8-4-2-6-14(16)22-23-24)20-18(25)10-11-19-21-15-7-3-5-9-17(15)26-19/h2-9,13H,10-12H2,1H3,(H,20,25)/t13-/m0/s1. The zero-order valence-electron chi connectivity index (χ0n) is 14.4. The summed E-state index contributed by atoms with van der Waals surface area (Å²) in [6.45, 7) is 2.57. The molecule has 2 aromatic carbocycles. The number of benzene rings is 2. The number of thiazole rings is 1. The van der Waals surface area contributed by atoms with E-state index < -0.39 is 0 Å². The number of hydrogen-bond donors (Lipinski definition) is 1. The maximum absolute atomic E-state index is 12.3. The number of rotatable bonds is 6. The van der Waals surface area contributed by atoms with Gasteiger partial charge in [0.15, 0.2) is 0 Å². The Morgan fingerprint density at radius 3 is 2.77 bits per heavy atom. The van der Waals surface area contributed by atoms with Gasteiger partial charge in [0.1, 0.15) is 5.52 Å². The van der Waals surface area contributed by atoms with Gasteiger partial charge >= 0.3 is 0 Å². The number of nitrogens with one attached hydrogen (secondary N) is 1. The van der Waals surface area contributed by atoms with Crippen LogP contribution < -0.4 is 5.32 Å². The second-order valence-corrected chi connectivity index (χ2v) is 7.42. The number of carbonyl (C=O) groups is 1. The molecule has 132 valence electrons. The molecule has 2 heterocycles. The monoisotopic (exact) mass is 365 g/mol. The Labute approximate surface area is 154 Å². The number of nitrogens with zero attached hydrogens (tertiary/aromatic N) is 4. The van der Waals surface area contributed by atoms with E-state index in [1.807, 2.05) is 54.1 Å². The smallest absolute Gasteiger partial charge is 0.220 e. The molecule has 26 heavy (non-hydrogen) atoms. The summed E-state index contributed by atoms with van der Waals surface area (Å²) >= 11 is 1.65. The van der Waals surface area contributed by atoms with Crippen LogP contribution in [0.3, 0.4) is 0 Å². The topological polar surface area (TPSA) is 72.7 Å². The average molecular weight is 365 g/mol. The van der Waals surface area contributed by atoms with E-state index in [0.717, 1.165) is 26.3 Å². The molecule has 6 nitrogen and oxygen atoms in total. The highest BCUT2D eigenvalue weighted by atomic mass is 32.1. The van der Waals surface area contributed by atoms with E-state index in [0.29, 0.717) is 19.4 Å². The van der Waals surface area contributed by atoms with Crippen LogP contribution in [0.2, 0.25) is 0 Å². The van der Waals surface area contributed by atoms with Crippen LogP contribution >= 0.6 is 11.3 Å². The molecule has 0 bridgehead atoms. The molecule has 7 heteroatoms. The SMILES string of the molecule is C[C@@H](Cn1nnc2ccccc21)NC(=O)CCc1nc2ccccc2s1. The lowest BCUT2D eigenvalue weighted by Crippen LogP contribution is -2.36. The summed E-state index contributed by atoms with van der Waals surface area (Å²) in [4.78, 5) is 16.8. The van der Waals surface area contributed by atoms with Crippen molar-refractivity contribution >= 4 is 38.5 Å². The Morgan fingerprint density at radius 1 is 1.15 bits per heavy atom. The van der Waals surface area contributed by atoms with Crippen LogP contribution in [-0.2, 0) is 17.8 Å². The quantitative estimate of drug-likeness (QED) is 0.570. The maximum atomic E-state index is 12.3. The summed E-state index contributed by atoms with van der Waals surface area (Å²) < 4.78 is 2.99. The summed E-state index contributed by atoms with van der Waals surface area (Å²) in [6, 6.07) is 15.8. The van der Waals surface area contributed by atoms with E-state index in [2.05, 4.69) is 26.7 Å². The molecule has 0 saturated heterocycles. The zero-order valence-corrected chi connectivity index (χ0v) is 15.2. The van der Waals surface area contributed by atoms with Crippen molar-refractivity contribution in [2.45, 2.75) is 32.4 Å². The molecule has 0 fully saturated rings. The van der Waals surface area contributed by atoms with Crippen molar-refractivity contribution in [2.24, 2.45) is 0 Å². The predicted molar refractivity (Wildman–Crippen MR) is 103 cm³/mol. The molecular weight excluding hydrogens is 346 g/mol. The largest absolute Gasteiger partial charge is 0.352 e. The second-order valence-electron chi connectivity index (χ2n) is 6.30. The highest BCUT2D eigenvalue weighted by Crippen LogP contribution is 2.22. The van der Waals surface area contributed by atoms with Gasteiger partial charge in [0, 0.05) is 18.9 Å². The molecule has 2 aromatic heterocycles. The number of fused-ring (bicyclic) bond motifs is 2. The van der Waals surface area contributed by atoms with Crippen molar-refractivity contribution in [2.75, 3.05) is 0 Å². The van der Waals surface area contributed by atoms with Crippen LogP contribution in [0, 0.1) is 0 Å². The Bertz CT molecular complexity index is 1020. The lowest BCUT2D eigenvalue weighted by molar-refractivity contribution is -0.121. The first-order valence-electron chi connectivity index (χ1n) is 8.61. The van der Waals surface area contributed by atoms with Gasteiger partial charge < -0.3 is 5.32 Å². The molecule has 0 aliphatic heterocycles. The van der Waals surface area contributed by atoms with E-state index in [4.69, 9.17) is 0 Å². The van der Waals surface area contributed by atoms with Crippen molar-refractivity contribution in [3.8, 4) is 0 Å². The fourth-order valence-electron chi connectivity index (χ4n) is 2.95. The third-order valence-corrected chi connectivity index (χ3v) is 5.27. The molecule has 0 spiro atoms. The number of aromatic nitrogens is 4. The van der Waals surface area contributed by atoms with Gasteiger partial charge in [0.25, 0.3) is 0 Å². The average Bonchev–Trinajstić information content (AvgIpc) is 3.24. The molecular formula is C19H19N5OS. The van der Waals surface area contributed by atoms with E-state index in [1.54, 1.807) is 11.3 Å². The van der Waals surface area contributed by atoms with Gasteiger partial charge in [-0.05, 0) is 31.2 Å². The van der Waals surface area contributed by atoms with E-state index in [9.17, 15) is 4.79 Å². The molecule has 0 aliphatic carbocycles. The first-order chi connectivity index (χ1) is 12.7. The summed E-state index contributed by atoms with van der Waals surface area (Å²) in [5.41, 5.74) is 2.84. The van der Waals surface area contributed by atoms with Gasteiger partial charge in [-0.3, -0.25) is 4.79 Å². The van der Waals surface area contributed by atoms with Crippen molar-refractivity contribution in [1.29, 1.82) is 0 Å². The molecule has 1 amide bonds. The molecule has 1 atom stereocenters. The highest BCUT2D eigenvalue weighted by molar-refractivity contribution is 7.18. The first kappa shape index (κ1) is 16.7. The van der Waals surface area contributed by atoms with Crippen LogP contribution in [0.1, 0.15) is 18.4 Å². The van der Waals surface area contributed by atoms with Crippen LogP contribution in [0.5, 0.6) is 0 Å². The summed E-state index contributed by atoms with van der Waals surface area (Å²) in [6.07, 6.45) is 1.09. The van der Waals surface area contributed by atoms with Crippen LogP contribution in [0.4, 0.5) is 0 Å². The lowest BCUT2D eigenvalue weighted by atomic mass is 10.2. The summed E-state index contributed by atoms with van der Waals surface area (Å²) in [7, 11) is 0. The molecule has 4 rings (SSSR count). The van der Waals surface area contributed by atoms with Crippen molar-refractivity contribution in [3.05, 3.63) is 53.5 Å². The van der Waals surface area contributed by atoms with Gasteiger partial charge in [-0.1, -0.05) is 29.5 Å². The summed E-state index contributed by atoms with van der Waals surface area (Å²) in [5.74, 6) is 0.0289. The lowest BCUT2D eigenvalue weighted by Gasteiger charge is -2.13. The Hall–Kier alpha value is -2.80. The third kappa shape index (κ3) is 3.57. The van der Waals surface area contributed by atoms with E-state index in [1.165, 1.54) is 0 Å². The zero-order chi connectivity index (χ0) is 17.9. The first-order valence-corrected chi connectivity index (χ1v) is 9.43. The Kier molecular flexibility index (Phi) is 4.62. The number of carbonyl (C=O) groups excluding carboxylic acids is 1. The van der Waals surface area contributed by atoms with Gasteiger partial charge in [-0.2, -0.15) is 0 Å². The molecule has 0 saturated carbocycles. The number of amides is 1. The van der Waals surface area contributed by atoms with Crippen molar-refractivity contribution in [3.63, 3.8) is 0 Å². The molecule has 0 radical (unpaired) electrons. The third-order valence-electron chi connectivity index (χ3n) is 4.18. The van der Waals surface area contributed by atoms with Crippen LogP contribution in [-0.4, -0.2) is 31.9 Å². The number of para-hydroxylation sites is 2.